The lowest BCUT2D eigenvalue weighted by Gasteiger charge is -2.40. The maximum Gasteiger partial charge on any atom is 0.253 e. The molecule has 5 rings (SSSR count). The highest BCUT2D eigenvalue weighted by molar-refractivity contribution is 5.95. The van der Waals surface area contributed by atoms with Crippen LogP contribution in [0.5, 0.6) is 0 Å². The number of benzene rings is 1. The molecular weight excluding hydrogens is 350 g/mol. The Labute approximate surface area is 164 Å². The Morgan fingerprint density at radius 1 is 1.21 bits per heavy atom. The average molecular weight is 373 g/mol. The molecule has 142 valence electrons. The summed E-state index contributed by atoms with van der Waals surface area (Å²) in [4.78, 5) is 24.5. The van der Waals surface area contributed by atoms with Gasteiger partial charge in [0.25, 0.3) is 5.91 Å². The van der Waals surface area contributed by atoms with E-state index in [0.29, 0.717) is 0 Å². The monoisotopic (exact) mass is 373 g/mol. The van der Waals surface area contributed by atoms with Crippen molar-refractivity contribution in [2.24, 2.45) is 0 Å². The van der Waals surface area contributed by atoms with Crippen molar-refractivity contribution in [3.63, 3.8) is 0 Å². The molecular formula is C22H23N5O. The van der Waals surface area contributed by atoms with Gasteiger partial charge in [-0.25, -0.2) is 9.97 Å². The predicted octanol–water partition coefficient (Wildman–Crippen LogP) is 3.30. The lowest BCUT2D eigenvalue weighted by molar-refractivity contribution is 0.0633. The van der Waals surface area contributed by atoms with E-state index in [2.05, 4.69) is 15.2 Å². The zero-order valence-electron chi connectivity index (χ0n) is 16.0. The fourth-order valence-electron chi connectivity index (χ4n) is 4.76. The van der Waals surface area contributed by atoms with E-state index in [1.165, 1.54) is 11.3 Å². The fraction of sp³-hybridized carbons (Fsp3) is 0.364. The molecule has 1 atom stereocenters. The number of fused-ring (bicyclic) bond motifs is 2. The molecule has 1 aliphatic carbocycles. The zero-order chi connectivity index (χ0) is 19.1. The van der Waals surface area contributed by atoms with Gasteiger partial charge in [0.2, 0.25) is 0 Å². The number of nitrogens with zero attached hydrogens (tertiary/aromatic N) is 4. The number of aryl methyl sites for hydroxylation is 2. The summed E-state index contributed by atoms with van der Waals surface area (Å²) >= 11 is 0. The Bertz CT molecular complexity index is 1030. The number of carbonyl (C=O) groups is 1. The standard InChI is InChI=1S/C22H23N5O/c1-15-23-11-18-6-8-22(20(18)26-15)7-3-9-27(14-22)21(28)17-5-2-4-16(10-17)19-12-24-25-13-19/h2,4-5,10-13H,3,6-9,14H2,1H3,(H,24,25). The molecule has 6 heteroatoms. The van der Waals surface area contributed by atoms with E-state index in [4.69, 9.17) is 4.98 Å². The SMILES string of the molecule is Cc1ncc2c(n1)C1(CCCN(C(=O)c3cccc(-c4cn[nH]c4)c3)C1)CC2. The Morgan fingerprint density at radius 2 is 2.14 bits per heavy atom. The molecule has 28 heavy (non-hydrogen) atoms. The number of hydrogen-bond donors (Lipinski definition) is 1. The minimum Gasteiger partial charge on any atom is -0.338 e. The van der Waals surface area contributed by atoms with Gasteiger partial charge in [0.15, 0.2) is 0 Å². The lowest BCUT2D eigenvalue weighted by atomic mass is 9.77. The molecule has 0 bridgehead atoms. The smallest absolute Gasteiger partial charge is 0.253 e. The minimum absolute atomic E-state index is 0.0148. The quantitative estimate of drug-likeness (QED) is 0.748. The number of nitrogens with one attached hydrogen (secondary N) is 1. The highest BCUT2D eigenvalue weighted by Gasteiger charge is 2.44. The van der Waals surface area contributed by atoms with E-state index in [0.717, 1.165) is 61.3 Å². The first-order valence-electron chi connectivity index (χ1n) is 9.86. The third-order valence-corrected chi connectivity index (χ3v) is 6.17. The molecule has 1 N–H and O–H groups in total. The molecule has 6 nitrogen and oxygen atoms in total. The van der Waals surface area contributed by atoms with Crippen LogP contribution in [0.25, 0.3) is 11.1 Å². The van der Waals surface area contributed by atoms with Crippen LogP contribution >= 0.6 is 0 Å². The molecule has 1 spiro atoms. The number of hydrogen-bond acceptors (Lipinski definition) is 4. The molecule has 1 unspecified atom stereocenters. The highest BCUT2D eigenvalue weighted by Crippen LogP contribution is 2.44. The first kappa shape index (κ1) is 17.1. The number of aromatic nitrogens is 4. The zero-order valence-corrected chi connectivity index (χ0v) is 16.0. The third kappa shape index (κ3) is 2.80. The molecule has 0 saturated carbocycles. The first-order valence-corrected chi connectivity index (χ1v) is 9.86. The number of rotatable bonds is 2. The molecule has 3 heterocycles. The van der Waals surface area contributed by atoms with E-state index < -0.39 is 0 Å². The summed E-state index contributed by atoms with van der Waals surface area (Å²) in [5.41, 5.74) is 5.13. The van der Waals surface area contributed by atoms with Gasteiger partial charge in [-0.15, -0.1) is 0 Å². The number of H-pyrrole nitrogens is 1. The largest absolute Gasteiger partial charge is 0.338 e. The van der Waals surface area contributed by atoms with Crippen LogP contribution in [0.1, 0.15) is 46.7 Å². The summed E-state index contributed by atoms with van der Waals surface area (Å²) < 4.78 is 0. The van der Waals surface area contributed by atoms with E-state index >= 15 is 0 Å². The Kier molecular flexibility index (Phi) is 4.00. The summed E-state index contributed by atoms with van der Waals surface area (Å²) in [6, 6.07) is 7.81. The molecule has 2 aromatic heterocycles. The van der Waals surface area contributed by atoms with Gasteiger partial charge in [-0.2, -0.15) is 5.10 Å². The maximum absolute atomic E-state index is 13.3. The van der Waals surface area contributed by atoms with Crippen molar-refractivity contribution in [2.75, 3.05) is 13.1 Å². The van der Waals surface area contributed by atoms with Crippen molar-refractivity contribution >= 4 is 5.91 Å². The van der Waals surface area contributed by atoms with Crippen LogP contribution in [-0.4, -0.2) is 44.1 Å². The molecule has 1 amide bonds. The highest BCUT2D eigenvalue weighted by atomic mass is 16.2. The summed E-state index contributed by atoms with van der Waals surface area (Å²) in [5, 5.41) is 6.84. The van der Waals surface area contributed by atoms with Crippen LogP contribution in [0.3, 0.4) is 0 Å². The van der Waals surface area contributed by atoms with Crippen molar-refractivity contribution < 1.29 is 4.79 Å². The van der Waals surface area contributed by atoms with Gasteiger partial charge in [0.1, 0.15) is 5.82 Å². The fourth-order valence-corrected chi connectivity index (χ4v) is 4.76. The second-order valence-corrected chi connectivity index (χ2v) is 7.97. The minimum atomic E-state index is -0.0148. The number of amides is 1. The molecule has 1 aromatic carbocycles. The predicted molar refractivity (Wildman–Crippen MR) is 106 cm³/mol. The second-order valence-electron chi connectivity index (χ2n) is 7.97. The molecule has 1 fully saturated rings. The Morgan fingerprint density at radius 3 is 3.00 bits per heavy atom. The van der Waals surface area contributed by atoms with E-state index in [-0.39, 0.29) is 11.3 Å². The topological polar surface area (TPSA) is 74.8 Å². The van der Waals surface area contributed by atoms with Gasteiger partial charge >= 0.3 is 0 Å². The van der Waals surface area contributed by atoms with Gasteiger partial charge in [0.05, 0.1) is 11.9 Å². The lowest BCUT2D eigenvalue weighted by Crippen LogP contribution is -2.48. The van der Waals surface area contributed by atoms with Crippen molar-refractivity contribution in [3.05, 3.63) is 65.5 Å². The van der Waals surface area contributed by atoms with Crippen LogP contribution in [0, 0.1) is 6.92 Å². The van der Waals surface area contributed by atoms with E-state index in [9.17, 15) is 4.79 Å². The molecule has 0 radical (unpaired) electrons. The van der Waals surface area contributed by atoms with Gasteiger partial charge in [0, 0.05) is 42.0 Å². The van der Waals surface area contributed by atoms with E-state index in [1.807, 2.05) is 48.5 Å². The van der Waals surface area contributed by atoms with Gasteiger partial charge in [-0.1, -0.05) is 12.1 Å². The van der Waals surface area contributed by atoms with Crippen LogP contribution in [0.15, 0.2) is 42.9 Å². The second kappa shape index (κ2) is 6.55. The maximum atomic E-state index is 13.3. The van der Waals surface area contributed by atoms with Crippen molar-refractivity contribution in [3.8, 4) is 11.1 Å². The number of piperidine rings is 1. The molecule has 1 aliphatic heterocycles. The van der Waals surface area contributed by atoms with E-state index in [1.54, 1.807) is 6.20 Å². The van der Waals surface area contributed by atoms with Gasteiger partial charge < -0.3 is 4.90 Å². The number of aromatic amines is 1. The average Bonchev–Trinajstić information content (AvgIpc) is 3.37. The van der Waals surface area contributed by atoms with Crippen LogP contribution in [0.4, 0.5) is 0 Å². The summed E-state index contributed by atoms with van der Waals surface area (Å²) in [6.07, 6.45) is 9.76. The normalized spacial score (nSPS) is 21.1. The Balaban J connectivity index is 1.43. The third-order valence-electron chi connectivity index (χ3n) is 6.17. The number of carbonyl (C=O) groups excluding carboxylic acids is 1. The van der Waals surface area contributed by atoms with Crippen molar-refractivity contribution in [1.82, 2.24) is 25.1 Å². The first-order chi connectivity index (χ1) is 13.6. The van der Waals surface area contributed by atoms with Crippen LogP contribution < -0.4 is 0 Å². The number of likely N-dealkylation sites (tertiary alicyclic amines) is 1. The summed E-state index contributed by atoms with van der Waals surface area (Å²) in [7, 11) is 0. The molecule has 3 aromatic rings. The molecule has 1 saturated heterocycles. The van der Waals surface area contributed by atoms with Crippen molar-refractivity contribution in [1.29, 1.82) is 0 Å². The van der Waals surface area contributed by atoms with Gasteiger partial charge in [-0.3, -0.25) is 9.89 Å². The summed E-state index contributed by atoms with van der Waals surface area (Å²) in [6.45, 7) is 3.49. The molecule has 2 aliphatic rings. The van der Waals surface area contributed by atoms with Crippen LogP contribution in [0.2, 0.25) is 0 Å². The summed E-state index contributed by atoms with van der Waals surface area (Å²) in [5.74, 6) is 0.917. The van der Waals surface area contributed by atoms with Gasteiger partial charge in [-0.05, 0) is 55.9 Å². The Hall–Kier alpha value is -3.02. The van der Waals surface area contributed by atoms with Crippen LogP contribution in [-0.2, 0) is 11.8 Å². The van der Waals surface area contributed by atoms with Crippen molar-refractivity contribution in [2.45, 2.75) is 38.0 Å².